The highest BCUT2D eigenvalue weighted by Gasteiger charge is 2.10. The van der Waals surface area contributed by atoms with Gasteiger partial charge in [-0.15, -0.1) is 0 Å². The SMILES string of the molecule is CCN(Cc1cncc(C)c1O)c1cccnc1. The first kappa shape index (κ1) is 12.4. The molecule has 0 aliphatic carbocycles. The van der Waals surface area contributed by atoms with Gasteiger partial charge in [0.1, 0.15) is 5.75 Å². The molecule has 0 saturated carbocycles. The van der Waals surface area contributed by atoms with Gasteiger partial charge in [0.25, 0.3) is 0 Å². The van der Waals surface area contributed by atoms with E-state index in [1.54, 1.807) is 18.6 Å². The van der Waals surface area contributed by atoms with Crippen LogP contribution in [-0.2, 0) is 6.54 Å². The van der Waals surface area contributed by atoms with E-state index in [1.807, 2.05) is 25.3 Å². The predicted molar refractivity (Wildman–Crippen MR) is 71.6 cm³/mol. The van der Waals surface area contributed by atoms with Gasteiger partial charge >= 0.3 is 0 Å². The Morgan fingerprint density at radius 1 is 1.22 bits per heavy atom. The molecule has 0 radical (unpaired) electrons. The van der Waals surface area contributed by atoms with Crippen LogP contribution in [-0.4, -0.2) is 21.6 Å². The zero-order chi connectivity index (χ0) is 13.0. The Morgan fingerprint density at radius 3 is 2.72 bits per heavy atom. The van der Waals surface area contributed by atoms with E-state index in [1.165, 1.54) is 0 Å². The van der Waals surface area contributed by atoms with Crippen molar-refractivity contribution in [3.05, 3.63) is 48.0 Å². The van der Waals surface area contributed by atoms with Crippen molar-refractivity contribution in [2.24, 2.45) is 0 Å². The summed E-state index contributed by atoms with van der Waals surface area (Å²) in [6.07, 6.45) is 6.95. The Kier molecular flexibility index (Phi) is 3.77. The molecule has 4 nitrogen and oxygen atoms in total. The Morgan fingerprint density at radius 2 is 2.06 bits per heavy atom. The third-order valence-corrected chi connectivity index (χ3v) is 2.93. The van der Waals surface area contributed by atoms with Crippen molar-refractivity contribution in [2.75, 3.05) is 11.4 Å². The number of aromatic hydroxyl groups is 1. The van der Waals surface area contributed by atoms with E-state index in [2.05, 4.69) is 21.8 Å². The van der Waals surface area contributed by atoms with Crippen LogP contribution < -0.4 is 4.90 Å². The highest BCUT2D eigenvalue weighted by molar-refractivity contribution is 5.46. The maximum absolute atomic E-state index is 10.0. The summed E-state index contributed by atoms with van der Waals surface area (Å²) in [5.74, 6) is 0.326. The van der Waals surface area contributed by atoms with Crippen LogP contribution in [0, 0.1) is 6.92 Å². The molecule has 0 saturated heterocycles. The molecule has 4 heteroatoms. The van der Waals surface area contributed by atoms with Gasteiger partial charge < -0.3 is 10.0 Å². The molecule has 0 amide bonds. The molecule has 1 N–H and O–H groups in total. The van der Waals surface area contributed by atoms with Gasteiger partial charge in [-0.05, 0) is 26.0 Å². The second-order valence-electron chi connectivity index (χ2n) is 4.19. The van der Waals surface area contributed by atoms with Crippen molar-refractivity contribution in [1.29, 1.82) is 0 Å². The van der Waals surface area contributed by atoms with Gasteiger partial charge in [0.2, 0.25) is 0 Å². The number of hydrogen-bond donors (Lipinski definition) is 1. The van der Waals surface area contributed by atoms with Crippen molar-refractivity contribution in [3.63, 3.8) is 0 Å². The first-order valence-electron chi connectivity index (χ1n) is 5.99. The van der Waals surface area contributed by atoms with Gasteiger partial charge in [-0.1, -0.05) is 0 Å². The lowest BCUT2D eigenvalue weighted by atomic mass is 10.1. The number of pyridine rings is 2. The first-order valence-corrected chi connectivity index (χ1v) is 5.99. The monoisotopic (exact) mass is 243 g/mol. The number of nitrogens with zero attached hydrogens (tertiary/aromatic N) is 3. The molecule has 0 bridgehead atoms. The van der Waals surface area contributed by atoms with Gasteiger partial charge in [-0.25, -0.2) is 0 Å². The maximum atomic E-state index is 10.0. The van der Waals surface area contributed by atoms with Crippen LogP contribution in [0.3, 0.4) is 0 Å². The smallest absolute Gasteiger partial charge is 0.126 e. The molecule has 94 valence electrons. The summed E-state index contributed by atoms with van der Waals surface area (Å²) in [4.78, 5) is 10.4. The molecule has 0 atom stereocenters. The number of aromatic nitrogens is 2. The van der Waals surface area contributed by atoms with Gasteiger partial charge in [0.15, 0.2) is 0 Å². The Labute approximate surface area is 107 Å². The van der Waals surface area contributed by atoms with E-state index in [9.17, 15) is 5.11 Å². The average Bonchev–Trinajstić information content (AvgIpc) is 2.41. The summed E-state index contributed by atoms with van der Waals surface area (Å²) in [6.45, 7) is 5.40. The van der Waals surface area contributed by atoms with Crippen molar-refractivity contribution < 1.29 is 5.11 Å². The number of anilines is 1. The summed E-state index contributed by atoms with van der Waals surface area (Å²) in [7, 11) is 0. The van der Waals surface area contributed by atoms with Crippen molar-refractivity contribution >= 4 is 5.69 Å². The van der Waals surface area contributed by atoms with Gasteiger partial charge in [0.05, 0.1) is 11.9 Å². The largest absolute Gasteiger partial charge is 0.507 e. The number of rotatable bonds is 4. The fourth-order valence-electron chi connectivity index (χ4n) is 1.86. The second-order valence-corrected chi connectivity index (χ2v) is 4.19. The minimum absolute atomic E-state index is 0.326. The summed E-state index contributed by atoms with van der Waals surface area (Å²) < 4.78 is 0. The van der Waals surface area contributed by atoms with E-state index in [0.29, 0.717) is 12.3 Å². The second kappa shape index (κ2) is 5.49. The molecular formula is C14H17N3O. The van der Waals surface area contributed by atoms with E-state index < -0.39 is 0 Å². The third kappa shape index (κ3) is 2.59. The fraction of sp³-hybridized carbons (Fsp3) is 0.286. The van der Waals surface area contributed by atoms with E-state index in [4.69, 9.17) is 0 Å². The third-order valence-electron chi connectivity index (χ3n) is 2.93. The van der Waals surface area contributed by atoms with E-state index >= 15 is 0 Å². The molecule has 2 aromatic heterocycles. The fourth-order valence-corrected chi connectivity index (χ4v) is 1.86. The lowest BCUT2D eigenvalue weighted by Gasteiger charge is -2.23. The molecule has 0 unspecified atom stereocenters. The standard InChI is InChI=1S/C14H17N3O/c1-3-17(13-5-4-6-15-9-13)10-12-8-16-7-11(2)14(12)18/h4-9H,3,10H2,1-2H3,(H,16,18). The molecule has 0 spiro atoms. The molecule has 0 aliphatic heterocycles. The lowest BCUT2D eigenvalue weighted by molar-refractivity contribution is 0.462. The van der Waals surface area contributed by atoms with Gasteiger partial charge in [-0.2, -0.15) is 0 Å². The minimum atomic E-state index is 0.326. The van der Waals surface area contributed by atoms with Crippen LogP contribution in [0.4, 0.5) is 5.69 Å². The number of hydrogen-bond acceptors (Lipinski definition) is 4. The Hall–Kier alpha value is -2.10. The van der Waals surface area contributed by atoms with Gasteiger partial charge in [0, 0.05) is 42.8 Å². The lowest BCUT2D eigenvalue weighted by Crippen LogP contribution is -2.22. The van der Waals surface area contributed by atoms with Gasteiger partial charge in [-0.3, -0.25) is 9.97 Å². The normalized spacial score (nSPS) is 10.3. The van der Waals surface area contributed by atoms with E-state index in [0.717, 1.165) is 23.4 Å². The quantitative estimate of drug-likeness (QED) is 0.896. The molecule has 0 aromatic carbocycles. The Balaban J connectivity index is 2.24. The molecule has 2 aromatic rings. The maximum Gasteiger partial charge on any atom is 0.126 e. The summed E-state index contributed by atoms with van der Waals surface area (Å²) in [5.41, 5.74) is 2.68. The molecular weight excluding hydrogens is 226 g/mol. The van der Waals surface area contributed by atoms with Crippen molar-refractivity contribution in [2.45, 2.75) is 20.4 Å². The van der Waals surface area contributed by atoms with Crippen LogP contribution in [0.25, 0.3) is 0 Å². The predicted octanol–water partition coefficient (Wildman–Crippen LogP) is 2.52. The topological polar surface area (TPSA) is 49.2 Å². The van der Waals surface area contributed by atoms with Crippen molar-refractivity contribution in [1.82, 2.24) is 9.97 Å². The molecule has 0 fully saturated rings. The zero-order valence-corrected chi connectivity index (χ0v) is 10.7. The van der Waals surface area contributed by atoms with Crippen LogP contribution >= 0.6 is 0 Å². The van der Waals surface area contributed by atoms with Crippen LogP contribution in [0.15, 0.2) is 36.9 Å². The average molecular weight is 243 g/mol. The molecule has 2 rings (SSSR count). The minimum Gasteiger partial charge on any atom is -0.507 e. The zero-order valence-electron chi connectivity index (χ0n) is 10.7. The first-order chi connectivity index (χ1) is 8.72. The molecule has 0 aliphatic rings. The highest BCUT2D eigenvalue weighted by atomic mass is 16.3. The van der Waals surface area contributed by atoms with Crippen molar-refractivity contribution in [3.8, 4) is 5.75 Å². The van der Waals surface area contributed by atoms with Crippen LogP contribution in [0.5, 0.6) is 5.75 Å². The summed E-state index contributed by atoms with van der Waals surface area (Å²) in [6, 6.07) is 3.92. The van der Waals surface area contributed by atoms with E-state index in [-0.39, 0.29) is 0 Å². The Bertz CT molecular complexity index is 514. The number of aryl methyl sites for hydroxylation is 1. The summed E-state index contributed by atoms with van der Waals surface area (Å²) in [5, 5.41) is 10.0. The molecule has 18 heavy (non-hydrogen) atoms. The van der Waals surface area contributed by atoms with Crippen LogP contribution in [0.2, 0.25) is 0 Å². The summed E-state index contributed by atoms with van der Waals surface area (Å²) >= 11 is 0. The van der Waals surface area contributed by atoms with Crippen LogP contribution in [0.1, 0.15) is 18.1 Å². The molecule has 2 heterocycles. The highest BCUT2D eigenvalue weighted by Crippen LogP contribution is 2.23.